The first-order valence-electron chi connectivity index (χ1n) is 12.0. The summed E-state index contributed by atoms with van der Waals surface area (Å²) in [6, 6.07) is 7.46. The van der Waals surface area contributed by atoms with E-state index in [2.05, 4.69) is 52.8 Å². The minimum absolute atomic E-state index is 0.744. The molecule has 2 aliphatic carbocycles. The van der Waals surface area contributed by atoms with Gasteiger partial charge in [-0.05, 0) is 90.7 Å². The van der Waals surface area contributed by atoms with Gasteiger partial charge in [0.2, 0.25) is 0 Å². The number of benzene rings is 1. The van der Waals surface area contributed by atoms with Gasteiger partial charge in [0.25, 0.3) is 0 Å². The van der Waals surface area contributed by atoms with Crippen LogP contribution in [0, 0.1) is 35.5 Å². The Morgan fingerprint density at radius 2 is 1.56 bits per heavy atom. The summed E-state index contributed by atoms with van der Waals surface area (Å²) in [4.78, 5) is 0. The number of rotatable bonds is 8. The average Bonchev–Trinajstić information content (AvgIpc) is 3.19. The van der Waals surface area contributed by atoms with E-state index in [0.717, 1.165) is 35.5 Å². The Hall–Kier alpha value is -0.780. The molecule has 1 aromatic rings. The van der Waals surface area contributed by atoms with E-state index < -0.39 is 0 Å². The summed E-state index contributed by atoms with van der Waals surface area (Å²) >= 11 is 0. The maximum Gasteiger partial charge on any atom is -0.0245 e. The Morgan fingerprint density at radius 1 is 0.852 bits per heavy atom. The average molecular weight is 369 g/mol. The molecular formula is C27H44. The van der Waals surface area contributed by atoms with E-state index in [1.54, 1.807) is 16.7 Å². The summed E-state index contributed by atoms with van der Waals surface area (Å²) in [5.74, 6) is 5.40. The van der Waals surface area contributed by atoms with Crippen molar-refractivity contribution in [1.29, 1.82) is 0 Å². The van der Waals surface area contributed by atoms with Gasteiger partial charge in [-0.25, -0.2) is 0 Å². The minimum Gasteiger partial charge on any atom is -0.0625 e. The molecule has 0 bridgehead atoms. The highest BCUT2D eigenvalue weighted by atomic mass is 14.4. The lowest BCUT2D eigenvalue weighted by molar-refractivity contribution is 0.369. The van der Waals surface area contributed by atoms with Crippen LogP contribution in [0.2, 0.25) is 0 Å². The van der Waals surface area contributed by atoms with Gasteiger partial charge in [-0.1, -0.05) is 78.5 Å². The van der Waals surface area contributed by atoms with Crippen molar-refractivity contribution in [3.63, 3.8) is 0 Å². The molecule has 2 fully saturated rings. The van der Waals surface area contributed by atoms with Crippen molar-refractivity contribution >= 4 is 0 Å². The lowest BCUT2D eigenvalue weighted by atomic mass is 9.85. The summed E-state index contributed by atoms with van der Waals surface area (Å²) in [6.07, 6.45) is 14.3. The molecule has 1 aromatic carbocycles. The zero-order chi connectivity index (χ0) is 19.4. The molecule has 0 spiro atoms. The number of hydrogen-bond donors (Lipinski definition) is 0. The van der Waals surface area contributed by atoms with E-state index in [4.69, 9.17) is 0 Å². The van der Waals surface area contributed by atoms with Gasteiger partial charge in [-0.3, -0.25) is 0 Å². The fourth-order valence-electron chi connectivity index (χ4n) is 6.06. The molecule has 3 rings (SSSR count). The van der Waals surface area contributed by atoms with Gasteiger partial charge >= 0.3 is 0 Å². The molecule has 2 aliphatic rings. The van der Waals surface area contributed by atoms with Crippen molar-refractivity contribution < 1.29 is 0 Å². The van der Waals surface area contributed by atoms with E-state index in [-0.39, 0.29) is 0 Å². The monoisotopic (exact) mass is 368 g/mol. The van der Waals surface area contributed by atoms with E-state index in [1.165, 1.54) is 64.2 Å². The zero-order valence-corrected chi connectivity index (χ0v) is 18.8. The highest BCUT2D eigenvalue weighted by Crippen LogP contribution is 2.43. The third-order valence-corrected chi connectivity index (χ3v) is 7.31. The first-order chi connectivity index (χ1) is 12.9. The molecule has 0 aromatic heterocycles. The first kappa shape index (κ1) is 20.9. The SMILES string of the molecule is CC(C)Cc1ccc(CC2CC(CC3CCCC3)CC2C)c(CC(C)C)c1. The third-order valence-electron chi connectivity index (χ3n) is 7.31. The molecule has 152 valence electrons. The van der Waals surface area contributed by atoms with Gasteiger partial charge in [0.15, 0.2) is 0 Å². The molecular weight excluding hydrogens is 324 g/mol. The summed E-state index contributed by atoms with van der Waals surface area (Å²) in [6.45, 7) is 11.9. The summed E-state index contributed by atoms with van der Waals surface area (Å²) < 4.78 is 0. The third kappa shape index (κ3) is 6.10. The lowest BCUT2D eigenvalue weighted by Crippen LogP contribution is -2.11. The molecule has 0 heterocycles. The van der Waals surface area contributed by atoms with Crippen molar-refractivity contribution in [2.24, 2.45) is 35.5 Å². The second kappa shape index (κ2) is 9.62. The molecule has 0 radical (unpaired) electrons. The highest BCUT2D eigenvalue weighted by Gasteiger charge is 2.33. The van der Waals surface area contributed by atoms with E-state index in [0.29, 0.717) is 0 Å². The van der Waals surface area contributed by atoms with E-state index in [1.807, 2.05) is 0 Å². The van der Waals surface area contributed by atoms with Crippen LogP contribution >= 0.6 is 0 Å². The molecule has 0 amide bonds. The fraction of sp³-hybridized carbons (Fsp3) is 0.778. The molecule has 27 heavy (non-hydrogen) atoms. The summed E-state index contributed by atoms with van der Waals surface area (Å²) in [5, 5.41) is 0. The maximum atomic E-state index is 2.55. The van der Waals surface area contributed by atoms with Gasteiger partial charge in [0.05, 0.1) is 0 Å². The predicted octanol–water partition coefficient (Wildman–Crippen LogP) is 7.87. The molecule has 2 saturated carbocycles. The van der Waals surface area contributed by atoms with Crippen LogP contribution in [-0.4, -0.2) is 0 Å². The normalized spacial score (nSPS) is 26.6. The molecule has 0 N–H and O–H groups in total. The van der Waals surface area contributed by atoms with Gasteiger partial charge in [-0.15, -0.1) is 0 Å². The van der Waals surface area contributed by atoms with Gasteiger partial charge in [-0.2, -0.15) is 0 Å². The minimum atomic E-state index is 0.744. The highest BCUT2D eigenvalue weighted by molar-refractivity contribution is 5.33. The van der Waals surface area contributed by atoms with Crippen LogP contribution in [0.4, 0.5) is 0 Å². The molecule has 3 atom stereocenters. The summed E-state index contributed by atoms with van der Waals surface area (Å²) in [7, 11) is 0. The topological polar surface area (TPSA) is 0 Å². The molecule has 0 saturated heterocycles. The standard InChI is InChI=1S/C27H44/c1-19(2)12-23-10-11-25(27(16-23)13-20(3)4)18-26-17-24(14-21(26)5)15-22-8-6-7-9-22/h10-11,16,19-22,24,26H,6-9,12-15,17-18H2,1-5H3. The van der Waals surface area contributed by atoms with Crippen molar-refractivity contribution in [3.8, 4) is 0 Å². The first-order valence-corrected chi connectivity index (χ1v) is 12.0. The van der Waals surface area contributed by atoms with Crippen LogP contribution < -0.4 is 0 Å². The van der Waals surface area contributed by atoms with Crippen LogP contribution in [0.5, 0.6) is 0 Å². The quantitative estimate of drug-likeness (QED) is 0.438. The van der Waals surface area contributed by atoms with Crippen LogP contribution in [0.25, 0.3) is 0 Å². The van der Waals surface area contributed by atoms with Crippen molar-refractivity contribution in [3.05, 3.63) is 34.9 Å². The Morgan fingerprint density at radius 3 is 2.22 bits per heavy atom. The Bertz CT molecular complexity index is 576. The number of hydrogen-bond acceptors (Lipinski definition) is 0. The van der Waals surface area contributed by atoms with Crippen molar-refractivity contribution in [2.45, 2.75) is 98.8 Å². The Kier molecular flexibility index (Phi) is 7.46. The Labute approximate surface area is 169 Å². The van der Waals surface area contributed by atoms with Crippen LogP contribution in [0.1, 0.15) is 96.3 Å². The van der Waals surface area contributed by atoms with E-state index in [9.17, 15) is 0 Å². The molecule has 3 unspecified atom stereocenters. The smallest absolute Gasteiger partial charge is 0.0245 e. The van der Waals surface area contributed by atoms with Crippen LogP contribution in [-0.2, 0) is 19.3 Å². The fourth-order valence-corrected chi connectivity index (χ4v) is 6.06. The second-order valence-corrected chi connectivity index (χ2v) is 11.0. The van der Waals surface area contributed by atoms with Crippen LogP contribution in [0.3, 0.4) is 0 Å². The Balaban J connectivity index is 1.66. The predicted molar refractivity (Wildman–Crippen MR) is 119 cm³/mol. The molecule has 0 heteroatoms. The van der Waals surface area contributed by atoms with Gasteiger partial charge in [0.1, 0.15) is 0 Å². The van der Waals surface area contributed by atoms with Crippen LogP contribution in [0.15, 0.2) is 18.2 Å². The van der Waals surface area contributed by atoms with Crippen molar-refractivity contribution in [1.82, 2.24) is 0 Å². The molecule has 0 nitrogen and oxygen atoms in total. The van der Waals surface area contributed by atoms with E-state index >= 15 is 0 Å². The van der Waals surface area contributed by atoms with Crippen molar-refractivity contribution in [2.75, 3.05) is 0 Å². The largest absolute Gasteiger partial charge is 0.0625 e. The zero-order valence-electron chi connectivity index (χ0n) is 18.8. The van der Waals surface area contributed by atoms with Gasteiger partial charge in [0, 0.05) is 0 Å². The maximum absolute atomic E-state index is 2.55. The second-order valence-electron chi connectivity index (χ2n) is 11.0. The molecule has 0 aliphatic heterocycles. The van der Waals surface area contributed by atoms with Gasteiger partial charge < -0.3 is 0 Å². The lowest BCUT2D eigenvalue weighted by Gasteiger charge is -2.20. The summed E-state index contributed by atoms with van der Waals surface area (Å²) in [5.41, 5.74) is 4.85.